The summed E-state index contributed by atoms with van der Waals surface area (Å²) in [4.78, 5) is 24.2. The molecule has 1 aromatic heterocycles. The van der Waals surface area contributed by atoms with Crippen molar-refractivity contribution in [3.05, 3.63) is 68.3 Å². The molecule has 3 rings (SSSR count). The van der Waals surface area contributed by atoms with E-state index in [-0.39, 0.29) is 28.9 Å². The molecule has 0 aliphatic carbocycles. The number of fused-ring (bicyclic) bond motifs is 1. The molecule has 2 heterocycles. The molecule has 0 spiro atoms. The van der Waals surface area contributed by atoms with Gasteiger partial charge in [-0.25, -0.2) is 4.39 Å². The summed E-state index contributed by atoms with van der Waals surface area (Å²) in [5.74, 6) is -0.640. The SMILES string of the molecule is O=C(NCc1ccc(F)cc1)c1c(Cl)cc(=O)n2c1CCC2. The Morgan fingerprint density at radius 1 is 1.32 bits per heavy atom. The Labute approximate surface area is 131 Å². The van der Waals surface area contributed by atoms with Gasteiger partial charge < -0.3 is 9.88 Å². The highest BCUT2D eigenvalue weighted by molar-refractivity contribution is 6.34. The third-order valence-electron chi connectivity index (χ3n) is 3.76. The first-order chi connectivity index (χ1) is 10.6. The number of benzene rings is 1. The van der Waals surface area contributed by atoms with Crippen LogP contribution < -0.4 is 10.9 Å². The lowest BCUT2D eigenvalue weighted by Crippen LogP contribution is -2.28. The molecule has 1 N–H and O–H groups in total. The molecule has 0 saturated carbocycles. The summed E-state index contributed by atoms with van der Waals surface area (Å²) < 4.78 is 14.5. The molecule has 1 aromatic carbocycles. The van der Waals surface area contributed by atoms with E-state index in [2.05, 4.69) is 5.32 Å². The highest BCUT2D eigenvalue weighted by atomic mass is 35.5. The van der Waals surface area contributed by atoms with Gasteiger partial charge in [0.1, 0.15) is 5.82 Å². The van der Waals surface area contributed by atoms with Crippen molar-refractivity contribution < 1.29 is 9.18 Å². The van der Waals surface area contributed by atoms with E-state index in [4.69, 9.17) is 11.6 Å². The summed E-state index contributed by atoms with van der Waals surface area (Å²) in [6, 6.07) is 7.18. The van der Waals surface area contributed by atoms with Crippen LogP contribution in [0.1, 0.15) is 28.0 Å². The van der Waals surface area contributed by atoms with Crippen molar-refractivity contribution in [1.29, 1.82) is 0 Å². The Morgan fingerprint density at radius 3 is 2.77 bits per heavy atom. The summed E-state index contributed by atoms with van der Waals surface area (Å²) >= 11 is 6.09. The summed E-state index contributed by atoms with van der Waals surface area (Å²) in [5, 5.41) is 2.94. The number of rotatable bonds is 3. The highest BCUT2D eigenvalue weighted by Crippen LogP contribution is 2.23. The second-order valence-electron chi connectivity index (χ2n) is 5.22. The maximum absolute atomic E-state index is 12.9. The number of nitrogens with one attached hydrogen (secondary N) is 1. The molecule has 1 aliphatic rings. The van der Waals surface area contributed by atoms with Crippen molar-refractivity contribution in [3.8, 4) is 0 Å². The molecule has 22 heavy (non-hydrogen) atoms. The lowest BCUT2D eigenvalue weighted by Gasteiger charge is -2.12. The Morgan fingerprint density at radius 2 is 2.05 bits per heavy atom. The number of carbonyl (C=O) groups is 1. The van der Waals surface area contributed by atoms with Crippen LogP contribution in [0.4, 0.5) is 4.39 Å². The van der Waals surface area contributed by atoms with Crippen molar-refractivity contribution in [2.24, 2.45) is 0 Å². The largest absolute Gasteiger partial charge is 0.348 e. The predicted octanol–water partition coefficient (Wildman–Crippen LogP) is 2.52. The summed E-state index contributed by atoms with van der Waals surface area (Å²) in [7, 11) is 0. The van der Waals surface area contributed by atoms with Gasteiger partial charge in [0.2, 0.25) is 0 Å². The first-order valence-electron chi connectivity index (χ1n) is 7.01. The number of carbonyl (C=O) groups excluding carboxylic acids is 1. The number of hydrogen-bond acceptors (Lipinski definition) is 2. The van der Waals surface area contributed by atoms with Gasteiger partial charge in [0.15, 0.2) is 0 Å². The quantitative estimate of drug-likeness (QED) is 0.944. The van der Waals surface area contributed by atoms with Gasteiger partial charge in [-0.2, -0.15) is 0 Å². The Hall–Kier alpha value is -2.14. The molecular formula is C16H14ClFN2O2. The molecule has 1 aliphatic heterocycles. The van der Waals surface area contributed by atoms with E-state index in [1.807, 2.05) is 0 Å². The lowest BCUT2D eigenvalue weighted by molar-refractivity contribution is 0.0949. The third kappa shape index (κ3) is 2.76. The minimum Gasteiger partial charge on any atom is -0.348 e. The molecule has 0 bridgehead atoms. The van der Waals surface area contributed by atoms with Crippen LogP contribution in [0.15, 0.2) is 35.1 Å². The Balaban J connectivity index is 1.82. The summed E-state index contributed by atoms with van der Waals surface area (Å²) in [6.45, 7) is 0.886. The van der Waals surface area contributed by atoms with E-state index in [1.165, 1.54) is 18.2 Å². The topological polar surface area (TPSA) is 51.1 Å². The van der Waals surface area contributed by atoms with Crippen molar-refractivity contribution >= 4 is 17.5 Å². The van der Waals surface area contributed by atoms with Gasteiger partial charge in [0.05, 0.1) is 10.6 Å². The summed E-state index contributed by atoms with van der Waals surface area (Å²) in [5.41, 5.74) is 1.66. The van der Waals surface area contributed by atoms with Crippen molar-refractivity contribution in [3.63, 3.8) is 0 Å². The van der Waals surface area contributed by atoms with Gasteiger partial charge in [0, 0.05) is 24.8 Å². The second-order valence-corrected chi connectivity index (χ2v) is 5.62. The molecular weight excluding hydrogens is 307 g/mol. The van der Waals surface area contributed by atoms with Crippen LogP contribution in [0, 0.1) is 5.82 Å². The molecule has 0 saturated heterocycles. The highest BCUT2D eigenvalue weighted by Gasteiger charge is 2.23. The zero-order valence-corrected chi connectivity index (χ0v) is 12.5. The minimum atomic E-state index is -0.321. The zero-order chi connectivity index (χ0) is 15.7. The van der Waals surface area contributed by atoms with Crippen molar-refractivity contribution in [1.82, 2.24) is 9.88 Å². The normalized spacial score (nSPS) is 13.0. The lowest BCUT2D eigenvalue weighted by atomic mass is 10.1. The van der Waals surface area contributed by atoms with Gasteiger partial charge in [0.25, 0.3) is 11.5 Å². The van der Waals surface area contributed by atoms with E-state index in [1.54, 1.807) is 16.7 Å². The van der Waals surface area contributed by atoms with Gasteiger partial charge >= 0.3 is 0 Å². The van der Waals surface area contributed by atoms with E-state index in [0.29, 0.717) is 24.2 Å². The molecule has 114 valence electrons. The smallest absolute Gasteiger partial charge is 0.254 e. The number of aromatic nitrogens is 1. The number of halogens is 2. The van der Waals surface area contributed by atoms with Crippen LogP contribution in [-0.2, 0) is 19.5 Å². The maximum Gasteiger partial charge on any atom is 0.254 e. The zero-order valence-electron chi connectivity index (χ0n) is 11.7. The average Bonchev–Trinajstić information content (AvgIpc) is 2.96. The van der Waals surface area contributed by atoms with Crippen LogP contribution >= 0.6 is 11.6 Å². The van der Waals surface area contributed by atoms with Gasteiger partial charge in [-0.1, -0.05) is 23.7 Å². The van der Waals surface area contributed by atoms with Crippen LogP contribution in [0.3, 0.4) is 0 Å². The monoisotopic (exact) mass is 320 g/mol. The molecule has 0 unspecified atom stereocenters. The maximum atomic E-state index is 12.9. The van der Waals surface area contributed by atoms with Crippen LogP contribution in [0.5, 0.6) is 0 Å². The predicted molar refractivity (Wildman–Crippen MR) is 81.6 cm³/mol. The molecule has 6 heteroatoms. The third-order valence-corrected chi connectivity index (χ3v) is 4.06. The molecule has 0 radical (unpaired) electrons. The van der Waals surface area contributed by atoms with Gasteiger partial charge in [-0.05, 0) is 30.5 Å². The first kappa shape index (κ1) is 14.8. The van der Waals surface area contributed by atoms with Crippen molar-refractivity contribution in [2.45, 2.75) is 25.9 Å². The number of hydrogen-bond donors (Lipinski definition) is 1. The van der Waals surface area contributed by atoms with E-state index in [0.717, 1.165) is 12.0 Å². The Kier molecular flexibility index (Phi) is 3.98. The van der Waals surface area contributed by atoms with Crippen LogP contribution in [0.2, 0.25) is 5.02 Å². The van der Waals surface area contributed by atoms with Crippen LogP contribution in [0.25, 0.3) is 0 Å². The minimum absolute atomic E-state index is 0.174. The molecule has 0 fully saturated rings. The van der Waals surface area contributed by atoms with Crippen molar-refractivity contribution in [2.75, 3.05) is 0 Å². The number of amides is 1. The molecule has 0 atom stereocenters. The second kappa shape index (κ2) is 5.93. The fourth-order valence-corrected chi connectivity index (χ4v) is 2.97. The van der Waals surface area contributed by atoms with E-state index >= 15 is 0 Å². The van der Waals surface area contributed by atoms with Gasteiger partial charge in [-0.3, -0.25) is 9.59 Å². The fraction of sp³-hybridized carbons (Fsp3) is 0.250. The van der Waals surface area contributed by atoms with Crippen LogP contribution in [-0.4, -0.2) is 10.5 Å². The standard InChI is InChI=1S/C16H14ClFN2O2/c17-12-8-14(21)20-7-1-2-13(20)15(12)16(22)19-9-10-3-5-11(18)6-4-10/h3-6,8H,1-2,7,9H2,(H,19,22). The fourth-order valence-electron chi connectivity index (χ4n) is 2.69. The molecule has 4 nitrogen and oxygen atoms in total. The van der Waals surface area contributed by atoms with E-state index in [9.17, 15) is 14.0 Å². The van der Waals surface area contributed by atoms with Gasteiger partial charge in [-0.15, -0.1) is 0 Å². The number of nitrogens with zero attached hydrogens (tertiary/aromatic N) is 1. The summed E-state index contributed by atoms with van der Waals surface area (Å²) in [6.07, 6.45) is 1.49. The number of pyridine rings is 1. The first-order valence-corrected chi connectivity index (χ1v) is 7.39. The van der Waals surface area contributed by atoms with E-state index < -0.39 is 0 Å². The average molecular weight is 321 g/mol. The Bertz CT molecular complexity index is 784. The molecule has 2 aromatic rings. The molecule has 1 amide bonds.